The van der Waals surface area contributed by atoms with Crippen molar-refractivity contribution in [2.75, 3.05) is 0 Å². The van der Waals surface area contributed by atoms with Crippen molar-refractivity contribution in [1.29, 1.82) is 0 Å². The maximum Gasteiger partial charge on any atom is 1.00 e. The van der Waals surface area contributed by atoms with Gasteiger partial charge in [0, 0.05) is 13.8 Å². The van der Waals surface area contributed by atoms with E-state index in [2.05, 4.69) is 13.2 Å². The maximum atomic E-state index is 9.00. The first kappa shape index (κ1) is 46.8. The van der Waals surface area contributed by atoms with E-state index in [1.165, 1.54) is 0 Å². The molecule has 0 atom stereocenters. The summed E-state index contributed by atoms with van der Waals surface area (Å²) in [6, 6.07) is 0. The molecule has 0 aliphatic rings. The van der Waals surface area contributed by atoms with Crippen molar-refractivity contribution in [1.82, 2.24) is 12.3 Å². The molecule has 14 heavy (non-hydrogen) atoms. The molecule has 0 spiro atoms. The van der Waals surface area contributed by atoms with Gasteiger partial charge in [0.05, 0.1) is 0 Å². The summed E-state index contributed by atoms with van der Waals surface area (Å²) in [6.07, 6.45) is 0. The van der Waals surface area contributed by atoms with Gasteiger partial charge in [-0.05, 0) is 0 Å². The molecule has 0 amide bonds. The fourth-order valence-electron chi connectivity index (χ4n) is 0. The third-order valence-corrected chi connectivity index (χ3v) is 0. The first-order valence-electron chi connectivity index (χ1n) is 2.36. The molecule has 0 saturated carbocycles. The largest absolute Gasteiger partial charge is 1.00 e. The molecule has 8 N–H and O–H groups in total. The van der Waals surface area contributed by atoms with E-state index < -0.39 is 11.9 Å². The molecule has 0 unspecified atom stereocenters. The van der Waals surface area contributed by atoms with Crippen LogP contribution in [0, 0.1) is 0 Å². The predicted octanol–water partition coefficient (Wildman–Crippen LogP) is -4.46. The van der Waals surface area contributed by atoms with Crippen LogP contribution < -0.4 is 71.4 Å². The minimum Gasteiger partial charge on any atom is -1.00 e. The number of hydrogen-bond donors (Lipinski definition) is 4. The average Bonchev–Trinajstić information content (AvgIpc) is 1.66. The van der Waals surface area contributed by atoms with Gasteiger partial charge < -0.3 is 25.4 Å². The zero-order valence-electron chi connectivity index (χ0n) is 11.5. The molecule has 0 aromatic rings. The van der Waals surface area contributed by atoms with E-state index in [9.17, 15) is 0 Å². The molecule has 0 aliphatic carbocycles. The average molecular weight is 230 g/mol. The van der Waals surface area contributed by atoms with Crippen LogP contribution in [-0.4, -0.2) is 22.2 Å². The molecule has 0 saturated heterocycles. The van der Waals surface area contributed by atoms with Gasteiger partial charge in [0.1, 0.15) is 0 Å². The van der Waals surface area contributed by atoms with Crippen molar-refractivity contribution in [2.45, 2.75) is 13.8 Å². The molecule has 0 aliphatic heterocycles. The van der Waals surface area contributed by atoms with Crippen LogP contribution in [0.25, 0.3) is 0 Å². The van der Waals surface area contributed by atoms with Crippen LogP contribution in [0.2, 0.25) is 0 Å². The van der Waals surface area contributed by atoms with E-state index in [4.69, 9.17) is 19.8 Å². The van der Waals surface area contributed by atoms with Crippen LogP contribution in [0.1, 0.15) is 16.7 Å². The van der Waals surface area contributed by atoms with Crippen molar-refractivity contribution < 1.29 is 81.8 Å². The number of rotatable bonds is 0. The van der Waals surface area contributed by atoms with E-state index in [1.54, 1.807) is 0 Å². The second-order valence-corrected chi connectivity index (χ2v) is 1.04. The Labute approximate surface area is 132 Å². The third-order valence-electron chi connectivity index (χ3n) is 0. The topological polar surface area (TPSA) is 145 Å². The monoisotopic (exact) mass is 230 g/mol. The van der Waals surface area contributed by atoms with Crippen molar-refractivity contribution in [3.8, 4) is 0 Å². The molecule has 6 nitrogen and oxygen atoms in total. The van der Waals surface area contributed by atoms with Gasteiger partial charge in [0.25, 0.3) is 11.9 Å². The fraction of sp³-hybridized carbons (Fsp3) is 0.333. The Kier molecular flexibility index (Phi) is 166. The first-order valence-corrected chi connectivity index (χ1v) is 2.36. The summed E-state index contributed by atoms with van der Waals surface area (Å²) in [5.74, 6) is -1.67. The Morgan fingerprint density at radius 3 is 0.929 bits per heavy atom. The van der Waals surface area contributed by atoms with Gasteiger partial charge in [-0.25, -0.2) is 0 Å². The number of carbonyl (C=O) groups is 2. The Hall–Kier alpha value is 0.600. The molecule has 0 aromatic carbocycles. The van der Waals surface area contributed by atoms with Gasteiger partial charge in [0.2, 0.25) is 0 Å². The Morgan fingerprint density at radius 2 is 0.929 bits per heavy atom. The molecule has 0 radical (unpaired) electrons. The van der Waals surface area contributed by atoms with Gasteiger partial charge in [-0.15, -0.1) is 13.2 Å². The Balaban J connectivity index is -0.00000000571. The smallest absolute Gasteiger partial charge is 1.00 e. The summed E-state index contributed by atoms with van der Waals surface area (Å²) in [4.78, 5) is 18.0. The zero-order valence-corrected chi connectivity index (χ0v) is 13.5. The maximum absolute atomic E-state index is 9.00. The van der Waals surface area contributed by atoms with Crippen LogP contribution in [0.5, 0.6) is 0 Å². The van der Waals surface area contributed by atoms with Crippen molar-refractivity contribution >= 4 is 11.9 Å². The summed E-state index contributed by atoms with van der Waals surface area (Å²) in [5.41, 5.74) is 0. The second kappa shape index (κ2) is 49.6. The van der Waals surface area contributed by atoms with E-state index in [0.717, 1.165) is 13.8 Å². The molecular formula is C6H20N2Na2O4. The minimum absolute atomic E-state index is 0. The van der Waals surface area contributed by atoms with Crippen LogP contribution >= 0.6 is 0 Å². The molecule has 0 bridgehead atoms. The van der Waals surface area contributed by atoms with Gasteiger partial charge in [-0.3, -0.25) is 9.59 Å². The quantitative estimate of drug-likeness (QED) is 0.244. The SMILES string of the molecule is C=C.CC(=O)O.CC(=O)O.N.N.[H-].[H-].[Na+].[Na+]. The number of aliphatic carboxylic acids is 2. The number of hydrogen-bond acceptors (Lipinski definition) is 4. The van der Waals surface area contributed by atoms with E-state index in [1.807, 2.05) is 0 Å². The van der Waals surface area contributed by atoms with Crippen LogP contribution in [0.4, 0.5) is 0 Å². The first-order chi connectivity index (χ1) is 4.46. The van der Waals surface area contributed by atoms with Crippen LogP contribution in [-0.2, 0) is 9.59 Å². The van der Waals surface area contributed by atoms with E-state index in [-0.39, 0.29) is 74.3 Å². The number of carboxylic acids is 2. The van der Waals surface area contributed by atoms with E-state index in [0.29, 0.717) is 0 Å². The Morgan fingerprint density at radius 1 is 0.929 bits per heavy atom. The zero-order chi connectivity index (χ0) is 9.15. The van der Waals surface area contributed by atoms with Gasteiger partial charge in [-0.2, -0.15) is 0 Å². The summed E-state index contributed by atoms with van der Waals surface area (Å²) in [5, 5.41) is 14.8. The third kappa shape index (κ3) is 4710. The molecule has 0 rings (SSSR count). The molecule has 0 aromatic heterocycles. The molecular weight excluding hydrogens is 210 g/mol. The van der Waals surface area contributed by atoms with Crippen molar-refractivity contribution in [3.05, 3.63) is 13.2 Å². The minimum atomic E-state index is -0.833. The fourth-order valence-corrected chi connectivity index (χ4v) is 0. The van der Waals surface area contributed by atoms with Crippen LogP contribution in [0.15, 0.2) is 13.2 Å². The van der Waals surface area contributed by atoms with Gasteiger partial charge in [-0.1, -0.05) is 0 Å². The normalized spacial score (nSPS) is 3.86. The second-order valence-electron chi connectivity index (χ2n) is 1.04. The summed E-state index contributed by atoms with van der Waals surface area (Å²) in [6.45, 7) is 8.17. The van der Waals surface area contributed by atoms with Crippen molar-refractivity contribution in [3.63, 3.8) is 0 Å². The van der Waals surface area contributed by atoms with Crippen molar-refractivity contribution in [2.24, 2.45) is 0 Å². The van der Waals surface area contributed by atoms with E-state index >= 15 is 0 Å². The van der Waals surface area contributed by atoms with Gasteiger partial charge in [0.15, 0.2) is 0 Å². The van der Waals surface area contributed by atoms with Gasteiger partial charge >= 0.3 is 59.1 Å². The van der Waals surface area contributed by atoms with Crippen LogP contribution in [0.3, 0.4) is 0 Å². The molecule has 0 heterocycles. The summed E-state index contributed by atoms with van der Waals surface area (Å²) < 4.78 is 0. The summed E-state index contributed by atoms with van der Waals surface area (Å²) in [7, 11) is 0. The summed E-state index contributed by atoms with van der Waals surface area (Å²) >= 11 is 0. The Bertz CT molecular complexity index is 103. The molecule has 8 heteroatoms. The predicted molar refractivity (Wildman–Crippen MR) is 50.1 cm³/mol. The molecule has 80 valence electrons. The number of carboxylic acid groups (broad SMARTS) is 2. The molecule has 0 fully saturated rings. The standard InChI is InChI=1S/2C2H4O2.C2H4.2H3N.2Na.2H/c2*1-2(3)4;1-2;;;;;;/h2*1H3,(H,3,4);1-2H2;2*1H3;;;;/q;;;;;2*+1;2*-1.